The monoisotopic (exact) mass is 282 g/mol. The van der Waals surface area contributed by atoms with E-state index in [0.29, 0.717) is 6.61 Å². The molecule has 0 atom stereocenters. The Morgan fingerprint density at radius 3 is 1.85 bits per heavy atom. The van der Waals surface area contributed by atoms with Crippen LogP contribution in [0.4, 0.5) is 0 Å². The van der Waals surface area contributed by atoms with E-state index < -0.39 is 0 Å². The number of hydrogen-bond acceptors (Lipinski definition) is 3. The molecule has 0 saturated heterocycles. The van der Waals surface area contributed by atoms with E-state index in [4.69, 9.17) is 4.74 Å². The molecule has 0 amide bonds. The highest BCUT2D eigenvalue weighted by Gasteiger charge is 2.30. The molecule has 0 unspecified atom stereocenters. The van der Waals surface area contributed by atoms with E-state index in [1.807, 2.05) is 0 Å². The molecule has 0 bridgehead atoms. The topological polar surface area (TPSA) is 46.5 Å². The van der Waals surface area contributed by atoms with Gasteiger partial charge < -0.3 is 9.84 Å². The lowest BCUT2D eigenvalue weighted by Crippen LogP contribution is -2.32. The predicted octanol–water partition coefficient (Wildman–Crippen LogP) is 4.00. The van der Waals surface area contributed by atoms with Crippen molar-refractivity contribution in [2.45, 2.75) is 70.6 Å². The van der Waals surface area contributed by atoms with Gasteiger partial charge in [-0.1, -0.05) is 64.4 Å². The molecule has 0 radical (unpaired) electrons. The fourth-order valence-electron chi connectivity index (χ4n) is 2.99. The van der Waals surface area contributed by atoms with Gasteiger partial charge in [0.05, 0.1) is 13.2 Å². The molecule has 0 spiro atoms. The molecule has 3 heteroatoms. The number of carbonyl (C=O) groups excluding carboxylic acids is 1. The maximum Gasteiger partial charge on any atom is 0.330 e. The third-order valence-electron chi connectivity index (χ3n) is 4.44. The molecule has 1 aliphatic rings. The van der Waals surface area contributed by atoms with Crippen molar-refractivity contribution < 1.29 is 14.6 Å². The number of ether oxygens (including phenoxy) is 1. The first-order valence-corrected chi connectivity index (χ1v) is 8.12. The standard InChI is InChI=1S/C17H30O3/c1-2-16(19)20-15-17(14-18)12-10-8-6-4-3-5-7-9-11-13-17/h2,18H,1,3-15H2. The van der Waals surface area contributed by atoms with Gasteiger partial charge in [0, 0.05) is 11.5 Å². The van der Waals surface area contributed by atoms with Gasteiger partial charge in [0.25, 0.3) is 0 Å². The highest BCUT2D eigenvalue weighted by Crippen LogP contribution is 2.32. The lowest BCUT2D eigenvalue weighted by Gasteiger charge is -2.31. The molecule has 1 saturated carbocycles. The average molecular weight is 282 g/mol. The number of aliphatic hydroxyl groups is 1. The Morgan fingerprint density at radius 2 is 1.45 bits per heavy atom. The molecule has 0 aromatic carbocycles. The molecule has 0 heterocycles. The van der Waals surface area contributed by atoms with E-state index in [-0.39, 0.29) is 18.0 Å². The van der Waals surface area contributed by atoms with Crippen LogP contribution in [0.3, 0.4) is 0 Å². The zero-order valence-electron chi connectivity index (χ0n) is 12.7. The Bertz CT molecular complexity index is 274. The van der Waals surface area contributed by atoms with Gasteiger partial charge in [-0.05, 0) is 12.8 Å². The zero-order valence-corrected chi connectivity index (χ0v) is 12.7. The van der Waals surface area contributed by atoms with Gasteiger partial charge in [-0.15, -0.1) is 0 Å². The highest BCUT2D eigenvalue weighted by atomic mass is 16.5. The van der Waals surface area contributed by atoms with Crippen LogP contribution < -0.4 is 0 Å². The Morgan fingerprint density at radius 1 is 1.00 bits per heavy atom. The highest BCUT2D eigenvalue weighted by molar-refractivity contribution is 5.81. The van der Waals surface area contributed by atoms with E-state index in [1.165, 1.54) is 51.0 Å². The molecule has 3 nitrogen and oxygen atoms in total. The fourth-order valence-corrected chi connectivity index (χ4v) is 2.99. The number of hydrogen-bond donors (Lipinski definition) is 1. The Balaban J connectivity index is 2.55. The minimum atomic E-state index is -0.385. The van der Waals surface area contributed by atoms with Gasteiger partial charge in [0.15, 0.2) is 0 Å². The molecule has 1 fully saturated rings. The van der Waals surface area contributed by atoms with Crippen molar-refractivity contribution in [2.75, 3.05) is 13.2 Å². The van der Waals surface area contributed by atoms with Crippen LogP contribution in [0.5, 0.6) is 0 Å². The molecule has 116 valence electrons. The van der Waals surface area contributed by atoms with Gasteiger partial charge in [-0.2, -0.15) is 0 Å². The van der Waals surface area contributed by atoms with Crippen LogP contribution in [-0.2, 0) is 9.53 Å². The maximum absolute atomic E-state index is 11.3. The first-order chi connectivity index (χ1) is 9.72. The second kappa shape index (κ2) is 9.98. The fraction of sp³-hybridized carbons (Fsp3) is 0.824. The third kappa shape index (κ3) is 6.56. The normalized spacial score (nSPS) is 21.2. The summed E-state index contributed by atoms with van der Waals surface area (Å²) in [6, 6.07) is 0. The molecule has 1 N–H and O–H groups in total. The smallest absolute Gasteiger partial charge is 0.330 e. The summed E-state index contributed by atoms with van der Waals surface area (Å²) in [7, 11) is 0. The largest absolute Gasteiger partial charge is 0.462 e. The summed E-state index contributed by atoms with van der Waals surface area (Å²) in [6.45, 7) is 3.86. The maximum atomic E-state index is 11.3. The van der Waals surface area contributed by atoms with Crippen LogP contribution in [0.1, 0.15) is 70.6 Å². The lowest BCUT2D eigenvalue weighted by molar-refractivity contribution is -0.143. The first kappa shape index (κ1) is 17.2. The van der Waals surface area contributed by atoms with Gasteiger partial charge in [0.1, 0.15) is 0 Å². The SMILES string of the molecule is C=CC(=O)OCC1(CO)CCCCCCCCCCC1. The van der Waals surface area contributed by atoms with Crippen molar-refractivity contribution in [2.24, 2.45) is 5.41 Å². The zero-order chi connectivity index (χ0) is 14.7. The summed E-state index contributed by atoms with van der Waals surface area (Å²) in [5, 5.41) is 9.81. The summed E-state index contributed by atoms with van der Waals surface area (Å²) in [6.07, 6.45) is 14.4. The van der Waals surface area contributed by atoms with Gasteiger partial charge in [-0.3, -0.25) is 0 Å². The van der Waals surface area contributed by atoms with E-state index in [0.717, 1.165) is 25.7 Å². The molecule has 0 aromatic heterocycles. The van der Waals surface area contributed by atoms with Crippen molar-refractivity contribution in [3.63, 3.8) is 0 Å². The summed E-state index contributed by atoms with van der Waals surface area (Å²) in [4.78, 5) is 11.3. The molecule has 1 rings (SSSR count). The van der Waals surface area contributed by atoms with Crippen molar-refractivity contribution >= 4 is 5.97 Å². The Hall–Kier alpha value is -0.830. The van der Waals surface area contributed by atoms with Crippen LogP contribution in [-0.4, -0.2) is 24.3 Å². The molecule has 20 heavy (non-hydrogen) atoms. The quantitative estimate of drug-likeness (QED) is 0.626. The number of esters is 1. The second-order valence-electron chi connectivity index (χ2n) is 6.15. The number of carbonyl (C=O) groups is 1. The van der Waals surface area contributed by atoms with Crippen LogP contribution >= 0.6 is 0 Å². The van der Waals surface area contributed by atoms with Crippen LogP contribution in [0.25, 0.3) is 0 Å². The number of rotatable bonds is 4. The first-order valence-electron chi connectivity index (χ1n) is 8.12. The van der Waals surface area contributed by atoms with Gasteiger partial charge in [-0.25, -0.2) is 4.79 Å². The summed E-state index contributed by atoms with van der Waals surface area (Å²) >= 11 is 0. The van der Waals surface area contributed by atoms with Crippen molar-refractivity contribution in [3.05, 3.63) is 12.7 Å². The molecule has 0 aliphatic heterocycles. The Kier molecular flexibility index (Phi) is 8.59. The summed E-state index contributed by atoms with van der Waals surface area (Å²) < 4.78 is 5.23. The van der Waals surface area contributed by atoms with Crippen LogP contribution in [0.2, 0.25) is 0 Å². The minimum absolute atomic E-state index is 0.109. The minimum Gasteiger partial charge on any atom is -0.462 e. The van der Waals surface area contributed by atoms with E-state index >= 15 is 0 Å². The van der Waals surface area contributed by atoms with Crippen molar-refractivity contribution in [1.82, 2.24) is 0 Å². The Labute approximate surface area is 123 Å². The lowest BCUT2D eigenvalue weighted by atomic mass is 9.79. The number of aliphatic hydroxyl groups excluding tert-OH is 1. The summed E-state index contributed by atoms with van der Waals surface area (Å²) in [5.41, 5.74) is -0.238. The molecular weight excluding hydrogens is 252 g/mol. The van der Waals surface area contributed by atoms with E-state index in [2.05, 4.69) is 6.58 Å². The van der Waals surface area contributed by atoms with Gasteiger partial charge in [0.2, 0.25) is 0 Å². The second-order valence-corrected chi connectivity index (χ2v) is 6.15. The molecule has 1 aliphatic carbocycles. The van der Waals surface area contributed by atoms with Crippen LogP contribution in [0, 0.1) is 5.41 Å². The van der Waals surface area contributed by atoms with Crippen molar-refractivity contribution in [1.29, 1.82) is 0 Å². The molecular formula is C17H30O3. The predicted molar refractivity (Wildman–Crippen MR) is 81.5 cm³/mol. The van der Waals surface area contributed by atoms with E-state index in [9.17, 15) is 9.90 Å². The average Bonchev–Trinajstić information content (AvgIpc) is 2.47. The van der Waals surface area contributed by atoms with E-state index in [1.54, 1.807) is 0 Å². The van der Waals surface area contributed by atoms with Crippen LogP contribution in [0.15, 0.2) is 12.7 Å². The third-order valence-corrected chi connectivity index (χ3v) is 4.44. The van der Waals surface area contributed by atoms with Crippen molar-refractivity contribution in [3.8, 4) is 0 Å². The van der Waals surface area contributed by atoms with Gasteiger partial charge >= 0.3 is 5.97 Å². The summed E-state index contributed by atoms with van der Waals surface area (Å²) in [5.74, 6) is -0.385. The molecule has 0 aromatic rings.